The Hall–Kier alpha value is -1.79. The van der Waals surface area contributed by atoms with Crippen LogP contribution in [0.5, 0.6) is 11.5 Å². The van der Waals surface area contributed by atoms with Crippen molar-refractivity contribution in [3.8, 4) is 22.9 Å². The molecule has 1 aromatic carbocycles. The zero-order valence-electron chi connectivity index (χ0n) is 10.9. The molecule has 20 heavy (non-hydrogen) atoms. The highest BCUT2D eigenvalue weighted by molar-refractivity contribution is 6.32. The summed E-state index contributed by atoms with van der Waals surface area (Å²) in [6.45, 7) is 0.195. The van der Waals surface area contributed by atoms with Crippen molar-refractivity contribution in [2.24, 2.45) is 5.73 Å². The first-order valence-electron chi connectivity index (χ1n) is 6.28. The van der Waals surface area contributed by atoms with Crippen molar-refractivity contribution in [2.75, 3.05) is 7.11 Å². The Kier molecular flexibility index (Phi) is 3.50. The van der Waals surface area contributed by atoms with Crippen molar-refractivity contribution in [3.05, 3.63) is 23.0 Å². The van der Waals surface area contributed by atoms with Gasteiger partial charge in [0.1, 0.15) is 0 Å². The minimum absolute atomic E-state index is 0.195. The molecule has 0 saturated heterocycles. The van der Waals surface area contributed by atoms with Crippen LogP contribution in [0.25, 0.3) is 11.4 Å². The van der Waals surface area contributed by atoms with Gasteiger partial charge in [0.2, 0.25) is 11.7 Å². The van der Waals surface area contributed by atoms with Gasteiger partial charge >= 0.3 is 0 Å². The number of nitrogens with zero attached hydrogens (tertiary/aromatic N) is 2. The van der Waals surface area contributed by atoms with E-state index >= 15 is 0 Å². The standard InChI is InChI=1S/C13H14ClN3O3/c1-18-10-5-7(13-16-11(6-15)20-17-13)4-9(14)12(10)19-8-2-3-8/h4-5,8H,2-3,6,15H2,1H3. The van der Waals surface area contributed by atoms with Gasteiger partial charge in [-0.15, -0.1) is 0 Å². The number of hydrogen-bond donors (Lipinski definition) is 1. The predicted octanol–water partition coefficient (Wildman–Crippen LogP) is 2.40. The van der Waals surface area contributed by atoms with Crippen molar-refractivity contribution in [1.82, 2.24) is 10.1 Å². The highest BCUT2D eigenvalue weighted by Crippen LogP contribution is 2.41. The monoisotopic (exact) mass is 295 g/mol. The Balaban J connectivity index is 1.97. The normalized spacial score (nSPS) is 14.3. The number of methoxy groups -OCH3 is 1. The average molecular weight is 296 g/mol. The maximum atomic E-state index is 6.26. The number of aromatic nitrogens is 2. The van der Waals surface area contributed by atoms with Gasteiger partial charge in [0.15, 0.2) is 11.5 Å². The summed E-state index contributed by atoms with van der Waals surface area (Å²) < 4.78 is 16.1. The molecule has 0 unspecified atom stereocenters. The van der Waals surface area contributed by atoms with Gasteiger partial charge in [0.05, 0.1) is 24.8 Å². The Morgan fingerprint density at radius 1 is 1.45 bits per heavy atom. The smallest absolute Gasteiger partial charge is 0.240 e. The van der Waals surface area contributed by atoms with Crippen LogP contribution >= 0.6 is 11.6 Å². The Morgan fingerprint density at radius 3 is 2.85 bits per heavy atom. The van der Waals surface area contributed by atoms with E-state index in [2.05, 4.69) is 10.1 Å². The van der Waals surface area contributed by atoms with Crippen LogP contribution < -0.4 is 15.2 Å². The topological polar surface area (TPSA) is 83.4 Å². The van der Waals surface area contributed by atoms with Gasteiger partial charge in [-0.1, -0.05) is 16.8 Å². The quantitative estimate of drug-likeness (QED) is 0.912. The number of halogens is 1. The molecule has 1 saturated carbocycles. The van der Waals surface area contributed by atoms with E-state index in [1.54, 1.807) is 19.2 Å². The fraction of sp³-hybridized carbons (Fsp3) is 0.385. The van der Waals surface area contributed by atoms with E-state index in [9.17, 15) is 0 Å². The summed E-state index contributed by atoms with van der Waals surface area (Å²) >= 11 is 6.26. The molecule has 3 rings (SSSR count). The molecule has 0 spiro atoms. The summed E-state index contributed by atoms with van der Waals surface area (Å²) in [6.07, 6.45) is 2.33. The second-order valence-corrected chi connectivity index (χ2v) is 4.93. The SMILES string of the molecule is COc1cc(-c2noc(CN)n2)cc(Cl)c1OC1CC1. The van der Waals surface area contributed by atoms with E-state index < -0.39 is 0 Å². The number of hydrogen-bond acceptors (Lipinski definition) is 6. The largest absolute Gasteiger partial charge is 0.493 e. The molecule has 106 valence electrons. The number of rotatable bonds is 5. The van der Waals surface area contributed by atoms with Crippen molar-refractivity contribution in [3.63, 3.8) is 0 Å². The summed E-state index contributed by atoms with van der Waals surface area (Å²) in [5, 5.41) is 4.32. The van der Waals surface area contributed by atoms with Gasteiger partial charge in [-0.2, -0.15) is 4.98 Å². The molecule has 2 aromatic rings. The van der Waals surface area contributed by atoms with Crippen molar-refractivity contribution in [2.45, 2.75) is 25.5 Å². The summed E-state index contributed by atoms with van der Waals surface area (Å²) in [6, 6.07) is 3.50. The van der Waals surface area contributed by atoms with Gasteiger partial charge in [-0.3, -0.25) is 0 Å². The fourth-order valence-corrected chi connectivity index (χ4v) is 2.03. The maximum Gasteiger partial charge on any atom is 0.240 e. The van der Waals surface area contributed by atoms with Crippen LogP contribution in [0.4, 0.5) is 0 Å². The van der Waals surface area contributed by atoms with Gasteiger partial charge < -0.3 is 19.7 Å². The second-order valence-electron chi connectivity index (χ2n) is 4.52. The lowest BCUT2D eigenvalue weighted by atomic mass is 10.2. The van der Waals surface area contributed by atoms with E-state index in [0.717, 1.165) is 12.8 Å². The Morgan fingerprint density at radius 2 is 2.25 bits per heavy atom. The highest BCUT2D eigenvalue weighted by Gasteiger charge is 2.27. The minimum atomic E-state index is 0.195. The lowest BCUT2D eigenvalue weighted by Crippen LogP contribution is -2.00. The molecular formula is C13H14ClN3O3. The van der Waals surface area contributed by atoms with E-state index in [-0.39, 0.29) is 12.6 Å². The molecule has 0 amide bonds. The third kappa shape index (κ3) is 2.57. The first-order chi connectivity index (χ1) is 9.71. The van der Waals surface area contributed by atoms with Crippen LogP contribution in [0.15, 0.2) is 16.7 Å². The molecule has 1 aliphatic rings. The molecule has 2 N–H and O–H groups in total. The molecule has 7 heteroatoms. The van der Waals surface area contributed by atoms with Crippen molar-refractivity contribution >= 4 is 11.6 Å². The molecule has 0 atom stereocenters. The lowest BCUT2D eigenvalue weighted by Gasteiger charge is -2.12. The molecule has 1 fully saturated rings. The molecule has 0 bridgehead atoms. The van der Waals surface area contributed by atoms with Crippen LogP contribution in [0.2, 0.25) is 5.02 Å². The van der Waals surface area contributed by atoms with E-state index in [1.807, 2.05) is 0 Å². The molecular weight excluding hydrogens is 282 g/mol. The number of benzene rings is 1. The zero-order chi connectivity index (χ0) is 14.1. The molecule has 6 nitrogen and oxygen atoms in total. The second kappa shape index (κ2) is 5.30. The van der Waals surface area contributed by atoms with E-state index in [1.165, 1.54) is 0 Å². The van der Waals surface area contributed by atoms with Crippen LogP contribution in [-0.4, -0.2) is 23.4 Å². The number of ether oxygens (including phenoxy) is 2. The van der Waals surface area contributed by atoms with E-state index in [0.29, 0.717) is 33.8 Å². The van der Waals surface area contributed by atoms with E-state index in [4.69, 9.17) is 31.3 Å². The number of nitrogens with two attached hydrogens (primary N) is 1. The fourth-order valence-electron chi connectivity index (χ4n) is 1.77. The molecule has 0 aliphatic heterocycles. The van der Waals surface area contributed by atoms with Crippen LogP contribution in [-0.2, 0) is 6.54 Å². The van der Waals surface area contributed by atoms with Crippen molar-refractivity contribution in [1.29, 1.82) is 0 Å². The average Bonchev–Trinajstić information content (AvgIpc) is 3.14. The summed E-state index contributed by atoms with van der Waals surface area (Å²) in [4.78, 5) is 4.16. The molecule has 0 radical (unpaired) electrons. The highest BCUT2D eigenvalue weighted by atomic mass is 35.5. The lowest BCUT2D eigenvalue weighted by molar-refractivity contribution is 0.282. The first-order valence-corrected chi connectivity index (χ1v) is 6.66. The van der Waals surface area contributed by atoms with Gasteiger partial charge in [0.25, 0.3) is 0 Å². The molecule has 1 aromatic heterocycles. The van der Waals surface area contributed by atoms with Gasteiger partial charge in [-0.05, 0) is 25.0 Å². The zero-order valence-corrected chi connectivity index (χ0v) is 11.7. The van der Waals surface area contributed by atoms with Crippen LogP contribution in [0.3, 0.4) is 0 Å². The van der Waals surface area contributed by atoms with Crippen LogP contribution in [0, 0.1) is 0 Å². The van der Waals surface area contributed by atoms with Crippen molar-refractivity contribution < 1.29 is 14.0 Å². The predicted molar refractivity (Wildman–Crippen MR) is 72.8 cm³/mol. The Labute approximate surface area is 120 Å². The third-order valence-corrected chi connectivity index (χ3v) is 3.22. The maximum absolute atomic E-state index is 6.26. The minimum Gasteiger partial charge on any atom is -0.493 e. The Bertz CT molecular complexity index is 625. The van der Waals surface area contributed by atoms with Crippen LogP contribution in [0.1, 0.15) is 18.7 Å². The summed E-state index contributed by atoms with van der Waals surface area (Å²) in [7, 11) is 1.57. The first kappa shape index (κ1) is 13.2. The third-order valence-electron chi connectivity index (χ3n) is 2.94. The summed E-state index contributed by atoms with van der Waals surface area (Å²) in [5.41, 5.74) is 6.14. The summed E-state index contributed by atoms with van der Waals surface area (Å²) in [5.74, 6) is 1.90. The molecule has 1 aliphatic carbocycles. The van der Waals surface area contributed by atoms with Gasteiger partial charge in [-0.25, -0.2) is 0 Å². The molecule has 1 heterocycles. The van der Waals surface area contributed by atoms with Gasteiger partial charge in [0, 0.05) is 5.56 Å².